The van der Waals surface area contributed by atoms with Gasteiger partial charge >= 0.3 is 0 Å². The molecule has 0 unspecified atom stereocenters. The van der Waals surface area contributed by atoms with Crippen molar-refractivity contribution in [1.29, 1.82) is 0 Å². The summed E-state index contributed by atoms with van der Waals surface area (Å²) in [4.78, 5) is 55.4. The molecular formula is C54H34N12. The Morgan fingerprint density at radius 2 is 0.379 bits per heavy atom. The maximum absolute atomic E-state index is 4.96. The highest BCUT2D eigenvalue weighted by Crippen LogP contribution is 2.32. The third-order valence-electron chi connectivity index (χ3n) is 11.0. The Labute approximate surface area is 379 Å². The molecule has 12 nitrogen and oxygen atoms in total. The number of pyridine rings is 6. The zero-order chi connectivity index (χ0) is 44.1. The highest BCUT2D eigenvalue weighted by molar-refractivity contribution is 5.76. The Hall–Kier alpha value is -9.42. The Bertz CT molecular complexity index is 3370. The molecule has 0 atom stereocenters. The number of benzene rings is 3. The monoisotopic (exact) mass is 850 g/mol. The molecule has 12 heteroatoms. The van der Waals surface area contributed by atoms with Crippen LogP contribution in [0.15, 0.2) is 208 Å². The average molecular weight is 851 g/mol. The van der Waals surface area contributed by atoms with Gasteiger partial charge in [-0.1, -0.05) is 72.8 Å². The Kier molecular flexibility index (Phi) is 10.6. The molecule has 0 fully saturated rings. The maximum Gasteiger partial charge on any atom is 0.164 e. The molecule has 0 aliphatic heterocycles. The van der Waals surface area contributed by atoms with Crippen LogP contribution in [-0.2, 0) is 0 Å². The molecular weight excluding hydrogens is 817 g/mol. The maximum atomic E-state index is 4.96. The van der Waals surface area contributed by atoms with E-state index in [-0.39, 0.29) is 0 Å². The summed E-state index contributed by atoms with van der Waals surface area (Å²) in [7, 11) is 0. The lowest BCUT2D eigenvalue weighted by atomic mass is 10.0. The molecule has 0 aliphatic rings. The minimum atomic E-state index is 0.565. The van der Waals surface area contributed by atoms with Crippen molar-refractivity contribution in [3.8, 4) is 113 Å². The summed E-state index contributed by atoms with van der Waals surface area (Å²) < 4.78 is 0. The van der Waals surface area contributed by atoms with E-state index in [1.165, 1.54) is 0 Å². The summed E-state index contributed by atoms with van der Waals surface area (Å²) in [6.07, 6.45) is 17.6. The minimum absolute atomic E-state index is 0.565. The molecule has 0 radical (unpaired) electrons. The number of hydrogen-bond acceptors (Lipinski definition) is 12. The van der Waals surface area contributed by atoms with E-state index < -0.39 is 0 Å². The number of hydrogen-bond donors (Lipinski definition) is 0. The van der Waals surface area contributed by atoms with Crippen molar-refractivity contribution in [2.24, 2.45) is 0 Å². The van der Waals surface area contributed by atoms with Crippen LogP contribution in [0.25, 0.3) is 113 Å². The zero-order valence-electron chi connectivity index (χ0n) is 35.0. The van der Waals surface area contributed by atoms with Crippen molar-refractivity contribution in [3.63, 3.8) is 0 Å². The van der Waals surface area contributed by atoms with Crippen LogP contribution in [-0.4, -0.2) is 59.8 Å². The fourth-order valence-electron chi connectivity index (χ4n) is 7.51. The van der Waals surface area contributed by atoms with Crippen molar-refractivity contribution >= 4 is 0 Å². The molecule has 8 heterocycles. The third kappa shape index (κ3) is 8.40. The van der Waals surface area contributed by atoms with Crippen molar-refractivity contribution in [1.82, 2.24) is 59.8 Å². The summed E-state index contributed by atoms with van der Waals surface area (Å²) in [5.41, 5.74) is 12.9. The van der Waals surface area contributed by atoms with Gasteiger partial charge in [0.05, 0.1) is 11.4 Å². The van der Waals surface area contributed by atoms with Crippen LogP contribution in [0, 0.1) is 0 Å². The Morgan fingerprint density at radius 1 is 0.182 bits per heavy atom. The van der Waals surface area contributed by atoms with Crippen molar-refractivity contribution in [2.45, 2.75) is 0 Å². The van der Waals surface area contributed by atoms with Crippen LogP contribution in [0.5, 0.6) is 0 Å². The van der Waals surface area contributed by atoms with Gasteiger partial charge in [-0.25, -0.2) is 29.9 Å². The first-order valence-electron chi connectivity index (χ1n) is 21.1. The van der Waals surface area contributed by atoms with E-state index in [4.69, 9.17) is 39.9 Å². The molecule has 0 bridgehead atoms. The molecule has 3 aromatic carbocycles. The minimum Gasteiger partial charge on any atom is -0.265 e. The molecule has 8 aromatic heterocycles. The normalized spacial score (nSPS) is 11.0. The zero-order valence-corrected chi connectivity index (χ0v) is 35.0. The molecule has 310 valence electrons. The van der Waals surface area contributed by atoms with Gasteiger partial charge in [0, 0.05) is 95.3 Å². The summed E-state index contributed by atoms with van der Waals surface area (Å²) in [5, 5.41) is 0. The molecule has 0 spiro atoms. The predicted octanol–water partition coefficient (Wildman–Crippen LogP) is 11.1. The molecule has 0 saturated heterocycles. The van der Waals surface area contributed by atoms with E-state index in [0.717, 1.165) is 78.1 Å². The first-order valence-corrected chi connectivity index (χ1v) is 21.1. The van der Waals surface area contributed by atoms with E-state index >= 15 is 0 Å². The van der Waals surface area contributed by atoms with Gasteiger partial charge < -0.3 is 0 Å². The predicted molar refractivity (Wildman–Crippen MR) is 254 cm³/mol. The molecule has 66 heavy (non-hydrogen) atoms. The van der Waals surface area contributed by atoms with Gasteiger partial charge in [-0.05, 0) is 106 Å². The van der Waals surface area contributed by atoms with E-state index in [1.54, 1.807) is 49.6 Å². The summed E-state index contributed by atoms with van der Waals surface area (Å²) >= 11 is 0. The number of nitrogens with zero attached hydrogens (tertiary/aromatic N) is 12. The van der Waals surface area contributed by atoms with Crippen molar-refractivity contribution in [2.75, 3.05) is 0 Å². The molecule has 11 aromatic rings. The Balaban J connectivity index is 0.856. The largest absolute Gasteiger partial charge is 0.265 e. The second kappa shape index (κ2) is 17.8. The van der Waals surface area contributed by atoms with Gasteiger partial charge in [0.2, 0.25) is 0 Å². The summed E-state index contributed by atoms with van der Waals surface area (Å²) in [5.74, 6) is 3.41. The lowest BCUT2D eigenvalue weighted by Gasteiger charge is -2.10. The highest BCUT2D eigenvalue weighted by Gasteiger charge is 2.16. The Morgan fingerprint density at radius 3 is 0.667 bits per heavy atom. The lowest BCUT2D eigenvalue weighted by molar-refractivity contribution is 1.07. The molecule has 0 saturated carbocycles. The van der Waals surface area contributed by atoms with E-state index in [2.05, 4.69) is 68.5 Å². The number of aromatic nitrogens is 12. The second-order valence-corrected chi connectivity index (χ2v) is 15.1. The summed E-state index contributed by atoms with van der Waals surface area (Å²) in [6, 6.07) is 48.1. The average Bonchev–Trinajstić information content (AvgIpc) is 3.42. The van der Waals surface area contributed by atoms with E-state index in [0.29, 0.717) is 34.9 Å². The van der Waals surface area contributed by atoms with Crippen LogP contribution in [0.2, 0.25) is 0 Å². The smallest absolute Gasteiger partial charge is 0.164 e. The van der Waals surface area contributed by atoms with Gasteiger partial charge in [0.1, 0.15) is 0 Å². The number of rotatable bonds is 10. The van der Waals surface area contributed by atoms with Crippen LogP contribution < -0.4 is 0 Å². The lowest BCUT2D eigenvalue weighted by Crippen LogP contribution is -2.00. The third-order valence-corrected chi connectivity index (χ3v) is 11.0. The van der Waals surface area contributed by atoms with Crippen molar-refractivity contribution in [3.05, 3.63) is 208 Å². The van der Waals surface area contributed by atoms with E-state index in [9.17, 15) is 0 Å². The molecule has 0 aliphatic carbocycles. The second-order valence-electron chi connectivity index (χ2n) is 15.1. The molecule has 11 rings (SSSR count). The van der Waals surface area contributed by atoms with Gasteiger partial charge in [-0.2, -0.15) is 0 Å². The highest BCUT2D eigenvalue weighted by atomic mass is 15.0. The van der Waals surface area contributed by atoms with Gasteiger partial charge in [-0.15, -0.1) is 0 Å². The molecule has 0 amide bonds. The first-order chi connectivity index (χ1) is 32.7. The van der Waals surface area contributed by atoms with E-state index in [1.807, 2.05) is 109 Å². The first kappa shape index (κ1) is 39.4. The van der Waals surface area contributed by atoms with Gasteiger partial charge in [0.15, 0.2) is 34.9 Å². The van der Waals surface area contributed by atoms with Crippen LogP contribution >= 0.6 is 0 Å². The molecule has 0 N–H and O–H groups in total. The fraction of sp³-hybridized carbons (Fsp3) is 0. The van der Waals surface area contributed by atoms with Crippen LogP contribution in [0.4, 0.5) is 0 Å². The summed E-state index contributed by atoms with van der Waals surface area (Å²) in [6.45, 7) is 0. The fourth-order valence-corrected chi connectivity index (χ4v) is 7.51. The topological polar surface area (TPSA) is 155 Å². The van der Waals surface area contributed by atoms with Crippen LogP contribution in [0.1, 0.15) is 0 Å². The van der Waals surface area contributed by atoms with Crippen LogP contribution in [0.3, 0.4) is 0 Å². The SMILES string of the molecule is c1cc(-c2ccc(-c3nc(-c4ccncc4)nc(-c4ccc(-c5ccnc(-c6cc(-c7ccc(-c8nc(-c9ccncc9)nc(-c9ccncc9)n8)cc7)ccn6)c5)cc4)n3)cc2)ccn1. The van der Waals surface area contributed by atoms with Gasteiger partial charge in [0.25, 0.3) is 0 Å². The van der Waals surface area contributed by atoms with Gasteiger partial charge in [-0.3, -0.25) is 29.9 Å². The van der Waals surface area contributed by atoms with Crippen molar-refractivity contribution < 1.29 is 0 Å². The standard InChI is InChI=1S/C54H34N12/c1-7-39(8-2-35(1)38-13-23-55-24-14-38)49-61-50(63-52(62-49)42-15-25-56-26-16-42)40-9-3-36(4-10-40)45-21-31-59-47(33-45)48-34-46(22-32-60-48)37-5-11-41(12-6-37)51-64-53(43-17-27-57-28-18-43)66-54(65-51)44-19-29-58-30-20-44/h1-34H. The quantitative estimate of drug-likeness (QED) is 0.129.